The topological polar surface area (TPSA) is 280 Å². The van der Waals surface area contributed by atoms with E-state index in [2.05, 4.69) is 4.74 Å². The van der Waals surface area contributed by atoms with Gasteiger partial charge in [0, 0.05) is 49.5 Å². The molecule has 19 nitrogen and oxygen atoms in total. The largest absolute Gasteiger partial charge is 0.737 e. The summed E-state index contributed by atoms with van der Waals surface area (Å²) in [6.45, 7) is 1.52. The standard InChI is InChI=1S/C19H23BF2N2O7.C13H15BF2N2O.C6H10O7/c1-8-4-9(2)23-12(8)6-13-11(5-10(3)24(13)20(23,21)22)7-30-19-16(27)14(25)15(26)17(31-19)18(28)29;1-8-4-9(2)17-12(8)6-13-11(7-19)5-10(3)18(13)14(17,15)16;7-1-2(8)4(5(10)11)13-6(12)3(1)9/h4-6,14-17,19,25-27H,7H2,1-3H3,(H,28,29);4-6,19H,7H2,1-3H3;1-4,6-9,12H,(H,10,11)/t14-,15-,16+,17-,19+;;1-,2-,3+,4-,6+/m0.0/s1. The van der Waals surface area contributed by atoms with Crippen LogP contribution < -0.4 is 0 Å². The highest BCUT2D eigenvalue weighted by atomic mass is 19.3. The summed E-state index contributed by atoms with van der Waals surface area (Å²) in [6.07, 6.45) is -11.0. The smallest absolute Gasteiger partial charge is 0.479 e. The van der Waals surface area contributed by atoms with Crippen LogP contribution in [0.1, 0.15) is 47.8 Å². The molecule has 10 N–H and O–H groups in total. The number of aliphatic carboxylic acids is 2. The normalized spacial score (nSPS) is 31.2. The second-order valence-electron chi connectivity index (χ2n) is 16.0. The monoisotopic (exact) mass is 898 g/mol. The molecule has 2 aromatic heterocycles. The number of nitrogens with zero attached hydrogens (tertiary/aromatic N) is 4. The van der Waals surface area contributed by atoms with Crippen molar-refractivity contribution in [1.82, 2.24) is 8.96 Å². The van der Waals surface area contributed by atoms with Gasteiger partial charge in [0.2, 0.25) is 0 Å². The summed E-state index contributed by atoms with van der Waals surface area (Å²) in [4.78, 5) is 21.6. The van der Waals surface area contributed by atoms with E-state index in [9.17, 15) is 38.6 Å². The Morgan fingerprint density at radius 3 is 1.49 bits per heavy atom. The minimum atomic E-state index is -4.13. The Bertz CT molecular complexity index is 2410. The van der Waals surface area contributed by atoms with Crippen molar-refractivity contribution in [1.29, 1.82) is 0 Å². The summed E-state index contributed by atoms with van der Waals surface area (Å²) in [5.74, 6) is -3.05. The van der Waals surface area contributed by atoms with E-state index < -0.39 is 87.3 Å². The maximum Gasteiger partial charge on any atom is 0.737 e. The maximum atomic E-state index is 15.4. The van der Waals surface area contributed by atoms with Crippen molar-refractivity contribution in [3.63, 3.8) is 0 Å². The van der Waals surface area contributed by atoms with E-state index >= 15 is 8.63 Å². The molecule has 0 saturated carbocycles. The SMILES string of the molecule is CC1=[N+]2C(=Cc3c(C)cc(C)n3[B-]2(F)F)C(CO)=C1.CC1=[N+]2C(=Cc3c(C)cc(C)n3[B-]2(F)F)C(CO[C@@H]2O[C@H](C(=O)O)[C@@H](O)[C@H](O)[C@H]2O)=C1.O=C(O)[C@H]1O[C@@H](O)[C@H](O)[C@@H](O)[C@@H]1O. The van der Waals surface area contributed by atoms with Gasteiger partial charge < -0.3 is 100 Å². The number of fused-ring (bicyclic) bond motifs is 4. The molecule has 344 valence electrons. The Morgan fingerprint density at radius 1 is 0.635 bits per heavy atom. The summed E-state index contributed by atoms with van der Waals surface area (Å²) >= 11 is 0. The van der Waals surface area contributed by atoms with Gasteiger partial charge in [0.1, 0.15) is 48.0 Å². The third kappa shape index (κ3) is 8.16. The lowest BCUT2D eigenvalue weighted by Crippen LogP contribution is -2.60. The Balaban J connectivity index is 0.000000175. The van der Waals surface area contributed by atoms with Gasteiger partial charge in [-0.15, -0.1) is 0 Å². The summed E-state index contributed by atoms with van der Waals surface area (Å²) in [5.41, 5.74) is 5.78. The van der Waals surface area contributed by atoms with Crippen molar-refractivity contribution >= 4 is 49.5 Å². The number of carboxylic acid groups (broad SMARTS) is 2. The number of aryl methyl sites for hydroxylation is 4. The number of rotatable bonds is 6. The molecule has 0 spiro atoms. The van der Waals surface area contributed by atoms with Crippen LogP contribution in [-0.4, -0.2) is 181 Å². The highest BCUT2D eigenvalue weighted by Gasteiger charge is 2.55. The van der Waals surface area contributed by atoms with Gasteiger partial charge in [-0.1, -0.05) is 0 Å². The van der Waals surface area contributed by atoms with Crippen molar-refractivity contribution in [2.45, 2.75) is 103 Å². The molecule has 8 rings (SSSR count). The second kappa shape index (κ2) is 17.3. The molecule has 10 atom stereocenters. The van der Waals surface area contributed by atoms with E-state index in [-0.39, 0.29) is 18.9 Å². The lowest BCUT2D eigenvalue weighted by Gasteiger charge is -2.38. The highest BCUT2D eigenvalue weighted by Crippen LogP contribution is 2.39. The zero-order valence-corrected chi connectivity index (χ0v) is 34.6. The van der Waals surface area contributed by atoms with E-state index in [0.717, 1.165) is 23.5 Å². The molecule has 0 bridgehead atoms. The van der Waals surface area contributed by atoms with E-state index in [1.165, 1.54) is 6.08 Å². The molecule has 2 saturated heterocycles. The molecule has 0 radical (unpaired) electrons. The van der Waals surface area contributed by atoms with Crippen LogP contribution >= 0.6 is 0 Å². The van der Waals surface area contributed by atoms with Gasteiger partial charge in [-0.3, -0.25) is 0 Å². The van der Waals surface area contributed by atoms with Gasteiger partial charge in [-0.05, 0) is 62.3 Å². The first-order chi connectivity index (χ1) is 29.3. The number of hydrogen-bond donors (Lipinski definition) is 10. The van der Waals surface area contributed by atoms with Crippen LogP contribution in [0.4, 0.5) is 17.3 Å². The van der Waals surface area contributed by atoms with E-state index in [4.69, 9.17) is 40.1 Å². The number of ether oxygens (including phenoxy) is 3. The Kier molecular flexibility index (Phi) is 13.1. The molecule has 2 aromatic rings. The van der Waals surface area contributed by atoms with Gasteiger partial charge >= 0.3 is 25.9 Å². The van der Waals surface area contributed by atoms with Gasteiger partial charge in [-0.25, -0.2) is 9.59 Å². The summed E-state index contributed by atoms with van der Waals surface area (Å²) in [5, 5.41) is 92.6. The van der Waals surface area contributed by atoms with Crippen LogP contribution in [0.15, 0.2) is 46.8 Å². The fourth-order valence-electron chi connectivity index (χ4n) is 8.65. The van der Waals surface area contributed by atoms with Crippen LogP contribution in [0.25, 0.3) is 12.2 Å². The average molecular weight is 898 g/mol. The fourth-order valence-corrected chi connectivity index (χ4v) is 8.65. The molecule has 8 heterocycles. The lowest BCUT2D eigenvalue weighted by molar-refractivity contribution is -0.364. The number of aliphatic hydroxyl groups excluding tert-OH is 8. The number of aromatic nitrogens is 2. The zero-order valence-electron chi connectivity index (χ0n) is 34.6. The molecule has 2 fully saturated rings. The van der Waals surface area contributed by atoms with Crippen LogP contribution in [-0.2, 0) is 23.8 Å². The molecule has 6 aliphatic heterocycles. The van der Waals surface area contributed by atoms with Crippen LogP contribution in [0.2, 0.25) is 0 Å². The zero-order chi connectivity index (χ0) is 46.9. The molecule has 0 aliphatic carbocycles. The lowest BCUT2D eigenvalue weighted by atomic mass is 9.89. The van der Waals surface area contributed by atoms with E-state index in [1.807, 2.05) is 6.92 Å². The minimum absolute atomic E-state index is 0.232. The molecule has 0 unspecified atom stereocenters. The van der Waals surface area contributed by atoms with Crippen molar-refractivity contribution in [3.05, 3.63) is 80.7 Å². The molecule has 63 heavy (non-hydrogen) atoms. The van der Waals surface area contributed by atoms with Crippen molar-refractivity contribution in [2.75, 3.05) is 13.2 Å². The molecule has 0 amide bonds. The van der Waals surface area contributed by atoms with Gasteiger partial charge in [0.15, 0.2) is 36.2 Å². The quantitative estimate of drug-likeness (QED) is 0.123. The van der Waals surface area contributed by atoms with E-state index in [0.29, 0.717) is 56.6 Å². The predicted octanol–water partition coefficient (Wildman–Crippen LogP) is -1.04. The number of aliphatic hydroxyl groups is 8. The highest BCUT2D eigenvalue weighted by molar-refractivity contribution is 6.58. The van der Waals surface area contributed by atoms with Crippen LogP contribution in [0, 0.1) is 27.7 Å². The van der Waals surface area contributed by atoms with Crippen molar-refractivity contribution < 1.29 is 101 Å². The number of carboxylic acids is 2. The molecular weight excluding hydrogens is 850 g/mol. The Morgan fingerprint density at radius 2 is 1.05 bits per heavy atom. The Labute approximate surface area is 356 Å². The van der Waals surface area contributed by atoms with Crippen molar-refractivity contribution in [3.8, 4) is 0 Å². The van der Waals surface area contributed by atoms with Crippen molar-refractivity contribution in [2.24, 2.45) is 0 Å². The minimum Gasteiger partial charge on any atom is -0.479 e. The third-order valence-corrected chi connectivity index (χ3v) is 11.6. The Hall–Kier alpha value is -4.79. The maximum absolute atomic E-state index is 15.4. The first-order valence-electron chi connectivity index (χ1n) is 19.6. The first kappa shape index (κ1) is 47.7. The van der Waals surface area contributed by atoms with E-state index in [1.54, 1.807) is 65.0 Å². The average Bonchev–Trinajstić information content (AvgIpc) is 3.90. The summed E-state index contributed by atoms with van der Waals surface area (Å²) < 4.78 is 79.3. The first-order valence-corrected chi connectivity index (χ1v) is 19.6. The molecule has 0 aromatic carbocycles. The van der Waals surface area contributed by atoms with Gasteiger partial charge in [-0.2, -0.15) is 0 Å². The number of halogens is 4. The number of hydrogen-bond acceptors (Lipinski definition) is 13. The fraction of sp³-hybridized carbons (Fsp3) is 0.474. The summed E-state index contributed by atoms with van der Waals surface area (Å²) in [6, 6.07) is 3.45. The second-order valence-corrected chi connectivity index (χ2v) is 16.0. The van der Waals surface area contributed by atoms with Crippen LogP contribution in [0.3, 0.4) is 0 Å². The van der Waals surface area contributed by atoms with Crippen LogP contribution in [0.5, 0.6) is 0 Å². The summed E-state index contributed by atoms with van der Waals surface area (Å²) in [7, 11) is 0. The number of carbonyl (C=O) groups is 2. The molecule has 25 heteroatoms. The molecular formula is C38H48B2F4N4O15. The molecule has 6 aliphatic rings. The van der Waals surface area contributed by atoms with Gasteiger partial charge in [0.25, 0.3) is 0 Å². The predicted molar refractivity (Wildman–Crippen MR) is 212 cm³/mol. The third-order valence-electron chi connectivity index (χ3n) is 11.6. The number of allylic oxidation sites excluding steroid dienone is 2. The van der Waals surface area contributed by atoms with Gasteiger partial charge in [0.05, 0.1) is 24.4 Å².